The number of amides is 1. The molecule has 208 valence electrons. The molecule has 39 heavy (non-hydrogen) atoms. The van der Waals surface area contributed by atoms with Gasteiger partial charge in [-0.1, -0.05) is 48.5 Å². The first-order valence-electron chi connectivity index (χ1n) is 13.9. The van der Waals surface area contributed by atoms with Crippen LogP contribution in [0, 0.1) is 5.82 Å². The highest BCUT2D eigenvalue weighted by atomic mass is 19.1. The van der Waals surface area contributed by atoms with Crippen molar-refractivity contribution in [1.29, 1.82) is 0 Å². The normalized spacial score (nSPS) is 15.2. The van der Waals surface area contributed by atoms with Crippen LogP contribution in [0.2, 0.25) is 0 Å². The second-order valence-corrected chi connectivity index (χ2v) is 9.72. The van der Waals surface area contributed by atoms with Gasteiger partial charge in [-0.3, -0.25) is 9.69 Å². The first-order chi connectivity index (χ1) is 19.1. The molecule has 7 heteroatoms. The van der Waals surface area contributed by atoms with E-state index in [9.17, 15) is 9.18 Å². The minimum Gasteiger partial charge on any atom is -0.493 e. The fourth-order valence-corrected chi connectivity index (χ4v) is 4.77. The van der Waals surface area contributed by atoms with Crippen LogP contribution < -0.4 is 14.2 Å². The lowest BCUT2D eigenvalue weighted by Crippen LogP contribution is -2.39. The van der Waals surface area contributed by atoms with Crippen molar-refractivity contribution < 1.29 is 23.4 Å². The molecule has 0 saturated heterocycles. The molecule has 0 saturated carbocycles. The number of halogens is 1. The molecule has 0 N–H and O–H groups in total. The van der Waals surface area contributed by atoms with Crippen LogP contribution in [0.1, 0.15) is 43.7 Å². The molecule has 0 fully saturated rings. The maximum absolute atomic E-state index is 13.5. The Morgan fingerprint density at radius 1 is 0.923 bits per heavy atom. The van der Waals surface area contributed by atoms with Crippen molar-refractivity contribution in [2.45, 2.75) is 45.7 Å². The van der Waals surface area contributed by atoms with E-state index >= 15 is 0 Å². The number of carbonyl (C=O) groups is 1. The Bertz CT molecular complexity index is 1170. The summed E-state index contributed by atoms with van der Waals surface area (Å²) in [5.74, 6) is 1.73. The molecule has 1 aliphatic rings. The number of hydrogen-bond acceptors (Lipinski definition) is 5. The van der Waals surface area contributed by atoms with E-state index in [-0.39, 0.29) is 24.8 Å². The average molecular weight is 535 g/mol. The summed E-state index contributed by atoms with van der Waals surface area (Å²) >= 11 is 0. The summed E-state index contributed by atoms with van der Waals surface area (Å²) in [5.41, 5.74) is 2.30. The van der Waals surface area contributed by atoms with Gasteiger partial charge >= 0.3 is 0 Å². The molecule has 1 heterocycles. The molecule has 1 amide bonds. The van der Waals surface area contributed by atoms with E-state index in [1.165, 1.54) is 17.7 Å². The molecule has 0 atom stereocenters. The van der Waals surface area contributed by atoms with Crippen molar-refractivity contribution in [3.63, 3.8) is 0 Å². The van der Waals surface area contributed by atoms with E-state index in [1.54, 1.807) is 12.1 Å². The van der Waals surface area contributed by atoms with Gasteiger partial charge in [-0.25, -0.2) is 4.39 Å². The topological polar surface area (TPSA) is 51.2 Å². The summed E-state index contributed by atoms with van der Waals surface area (Å²) in [6.07, 6.45) is 3.01. The highest BCUT2D eigenvalue weighted by molar-refractivity contribution is 5.76. The monoisotopic (exact) mass is 534 g/mol. The van der Waals surface area contributed by atoms with Crippen LogP contribution in [0.15, 0.2) is 72.8 Å². The Hall–Kier alpha value is -3.58. The van der Waals surface area contributed by atoms with Gasteiger partial charge in [0.2, 0.25) is 5.91 Å². The number of fused-ring (bicyclic) bond motifs is 1. The van der Waals surface area contributed by atoms with Gasteiger partial charge in [-0.05, 0) is 49.9 Å². The molecule has 3 aromatic carbocycles. The molecule has 0 aliphatic carbocycles. The maximum atomic E-state index is 13.5. The van der Waals surface area contributed by atoms with Gasteiger partial charge < -0.3 is 19.1 Å². The van der Waals surface area contributed by atoms with Gasteiger partial charge in [0, 0.05) is 44.4 Å². The smallest absolute Gasteiger partial charge is 0.226 e. The summed E-state index contributed by atoms with van der Waals surface area (Å²) in [7, 11) is 0. The van der Waals surface area contributed by atoms with E-state index < -0.39 is 0 Å². The highest BCUT2D eigenvalue weighted by Gasteiger charge is 2.19. The van der Waals surface area contributed by atoms with Crippen molar-refractivity contribution in [2.24, 2.45) is 0 Å². The second kappa shape index (κ2) is 15.1. The zero-order chi connectivity index (χ0) is 27.3. The van der Waals surface area contributed by atoms with Gasteiger partial charge in [-0.2, -0.15) is 0 Å². The molecule has 0 aromatic heterocycles. The third-order valence-corrected chi connectivity index (χ3v) is 6.74. The lowest BCUT2D eigenvalue weighted by Gasteiger charge is -2.28. The van der Waals surface area contributed by atoms with Crippen LogP contribution in [-0.2, 0) is 17.9 Å². The number of benzene rings is 3. The Kier molecular flexibility index (Phi) is 11.0. The van der Waals surface area contributed by atoms with Crippen molar-refractivity contribution in [2.75, 3.05) is 39.5 Å². The fourth-order valence-electron chi connectivity index (χ4n) is 4.77. The molecule has 1 aliphatic heterocycles. The van der Waals surface area contributed by atoms with E-state index in [4.69, 9.17) is 14.2 Å². The van der Waals surface area contributed by atoms with Crippen molar-refractivity contribution in [3.8, 4) is 17.2 Å². The van der Waals surface area contributed by atoms with E-state index in [2.05, 4.69) is 35.2 Å². The van der Waals surface area contributed by atoms with Gasteiger partial charge in [0.05, 0.1) is 26.2 Å². The third kappa shape index (κ3) is 8.99. The van der Waals surface area contributed by atoms with Crippen LogP contribution in [0.4, 0.5) is 4.39 Å². The summed E-state index contributed by atoms with van der Waals surface area (Å²) < 4.78 is 31.3. The largest absolute Gasteiger partial charge is 0.493 e. The van der Waals surface area contributed by atoms with Gasteiger partial charge in [-0.15, -0.1) is 0 Å². The van der Waals surface area contributed by atoms with Gasteiger partial charge in [0.15, 0.2) is 11.5 Å². The molecule has 6 nitrogen and oxygen atoms in total. The average Bonchev–Trinajstić information content (AvgIpc) is 2.95. The Balaban J connectivity index is 1.48. The fraction of sp³-hybridized carbons (Fsp3) is 0.406. The summed E-state index contributed by atoms with van der Waals surface area (Å²) in [6.45, 7) is 6.83. The predicted octanol–water partition coefficient (Wildman–Crippen LogP) is 6.09. The number of ether oxygens (including phenoxy) is 3. The molecular weight excluding hydrogens is 495 g/mol. The summed E-state index contributed by atoms with van der Waals surface area (Å²) in [6, 6.07) is 22.5. The molecular formula is C32H39FN2O4. The van der Waals surface area contributed by atoms with Crippen molar-refractivity contribution in [3.05, 3.63) is 89.7 Å². The van der Waals surface area contributed by atoms with Crippen LogP contribution in [0.25, 0.3) is 0 Å². The maximum Gasteiger partial charge on any atom is 0.226 e. The van der Waals surface area contributed by atoms with Gasteiger partial charge in [0.1, 0.15) is 11.6 Å². The predicted molar refractivity (Wildman–Crippen MR) is 151 cm³/mol. The minimum atomic E-state index is -0.352. The summed E-state index contributed by atoms with van der Waals surface area (Å²) in [4.78, 5) is 17.5. The Labute approximate surface area is 231 Å². The highest BCUT2D eigenvalue weighted by Crippen LogP contribution is 2.33. The molecule has 3 aromatic rings. The van der Waals surface area contributed by atoms with Crippen LogP contribution in [-0.4, -0.2) is 55.2 Å². The lowest BCUT2D eigenvalue weighted by atomic mass is 10.1. The van der Waals surface area contributed by atoms with Crippen molar-refractivity contribution >= 4 is 5.91 Å². The third-order valence-electron chi connectivity index (χ3n) is 6.74. The molecule has 0 radical (unpaired) electrons. The minimum absolute atomic E-state index is 0.0521. The Morgan fingerprint density at radius 2 is 1.77 bits per heavy atom. The number of hydrogen-bond donors (Lipinski definition) is 0. The van der Waals surface area contributed by atoms with E-state index in [1.807, 2.05) is 30.0 Å². The second-order valence-electron chi connectivity index (χ2n) is 9.72. The Morgan fingerprint density at radius 3 is 2.59 bits per heavy atom. The number of para-hydroxylation sites is 1. The summed E-state index contributed by atoms with van der Waals surface area (Å²) in [5, 5.41) is 0. The standard InChI is InChI=1S/C32H39FN2O4/c1-2-37-30-16-9-13-27-25-34(24-26-11-5-3-6-12-26)19-20-35(18-7-4-8-21-39-32(27)30)31(36)17-22-38-29-15-10-14-28(33)23-29/h3,5-6,9-16,23H,2,4,7-8,17-22,24-25H2,1H3. The molecule has 0 bridgehead atoms. The zero-order valence-electron chi connectivity index (χ0n) is 22.8. The van der Waals surface area contributed by atoms with Crippen molar-refractivity contribution in [1.82, 2.24) is 9.80 Å². The molecule has 0 spiro atoms. The lowest BCUT2D eigenvalue weighted by molar-refractivity contribution is -0.132. The van der Waals surface area contributed by atoms with E-state index in [0.29, 0.717) is 45.1 Å². The molecule has 4 rings (SSSR count). The number of nitrogens with zero attached hydrogens (tertiary/aromatic N) is 2. The van der Waals surface area contributed by atoms with Crippen LogP contribution in [0.5, 0.6) is 17.2 Å². The zero-order valence-corrected chi connectivity index (χ0v) is 22.8. The SMILES string of the molecule is CCOc1cccc2c1OCCCCCN(C(=O)CCOc1cccc(F)c1)CCN(Cc1ccccc1)C2. The van der Waals surface area contributed by atoms with Crippen LogP contribution >= 0.6 is 0 Å². The first kappa shape index (κ1) is 28.4. The quantitative estimate of drug-likeness (QED) is 0.350. The molecule has 0 unspecified atom stereocenters. The van der Waals surface area contributed by atoms with Crippen LogP contribution in [0.3, 0.4) is 0 Å². The van der Waals surface area contributed by atoms with Gasteiger partial charge in [0.25, 0.3) is 0 Å². The first-order valence-corrected chi connectivity index (χ1v) is 13.9. The number of carbonyl (C=O) groups excluding carboxylic acids is 1. The number of rotatable bonds is 8. The van der Waals surface area contributed by atoms with E-state index in [0.717, 1.165) is 42.9 Å².